The van der Waals surface area contributed by atoms with Crippen molar-refractivity contribution in [2.24, 2.45) is 0 Å². The molecule has 0 atom stereocenters. The largest absolute Gasteiger partial charge is 0.349 e. The van der Waals surface area contributed by atoms with Crippen molar-refractivity contribution in [2.45, 2.75) is 45.1 Å². The van der Waals surface area contributed by atoms with E-state index in [1.165, 1.54) is 13.3 Å². The second-order valence-corrected chi connectivity index (χ2v) is 7.10. The highest BCUT2D eigenvalue weighted by Crippen LogP contribution is 2.18. The molecule has 2 aromatic carbocycles. The van der Waals surface area contributed by atoms with Gasteiger partial charge < -0.3 is 16.0 Å². The molecular weight excluding hydrogens is 354 g/mol. The summed E-state index contributed by atoms with van der Waals surface area (Å²) in [7, 11) is 0. The first kappa shape index (κ1) is 19.6. The van der Waals surface area contributed by atoms with Crippen LogP contribution in [0.3, 0.4) is 0 Å². The summed E-state index contributed by atoms with van der Waals surface area (Å²) in [6.07, 6.45) is 5.55. The minimum absolute atomic E-state index is 0.138. The lowest BCUT2D eigenvalue weighted by Gasteiger charge is -2.22. The standard InChI is InChI=1S/C22H25N3O3/c1-15(26)23-19-10-12-20(13-11-19)25-22(28)17-7-5-6-16(14-17)21(27)24-18-8-3-2-4-9-18/h5-7,10-14,18H,2-4,8-9H2,1H3,(H,23,26)(H,24,27)(H,25,28). The van der Waals surface area contributed by atoms with Crippen molar-refractivity contribution < 1.29 is 14.4 Å². The van der Waals surface area contributed by atoms with Gasteiger partial charge in [-0.25, -0.2) is 0 Å². The normalized spacial score (nSPS) is 14.2. The molecule has 28 heavy (non-hydrogen) atoms. The number of hydrogen-bond acceptors (Lipinski definition) is 3. The lowest BCUT2D eigenvalue weighted by atomic mass is 9.95. The first-order valence-corrected chi connectivity index (χ1v) is 9.61. The molecule has 2 aromatic rings. The highest BCUT2D eigenvalue weighted by Gasteiger charge is 2.17. The zero-order chi connectivity index (χ0) is 19.9. The zero-order valence-electron chi connectivity index (χ0n) is 16.0. The number of rotatable bonds is 5. The van der Waals surface area contributed by atoms with Gasteiger partial charge in [0.15, 0.2) is 0 Å². The Morgan fingerprint density at radius 2 is 1.36 bits per heavy atom. The monoisotopic (exact) mass is 379 g/mol. The highest BCUT2D eigenvalue weighted by molar-refractivity contribution is 6.06. The van der Waals surface area contributed by atoms with Crippen LogP contribution in [0.4, 0.5) is 11.4 Å². The van der Waals surface area contributed by atoms with E-state index in [0.717, 1.165) is 25.7 Å². The van der Waals surface area contributed by atoms with Gasteiger partial charge in [-0.1, -0.05) is 25.3 Å². The fourth-order valence-electron chi connectivity index (χ4n) is 3.36. The van der Waals surface area contributed by atoms with Gasteiger partial charge in [0.05, 0.1) is 0 Å². The molecule has 3 rings (SSSR count). The number of carbonyl (C=O) groups is 3. The number of benzene rings is 2. The molecule has 1 saturated carbocycles. The van der Waals surface area contributed by atoms with E-state index in [1.807, 2.05) is 0 Å². The molecule has 0 radical (unpaired) electrons. The summed E-state index contributed by atoms with van der Waals surface area (Å²) in [5, 5.41) is 8.54. The van der Waals surface area contributed by atoms with E-state index in [2.05, 4.69) is 16.0 Å². The van der Waals surface area contributed by atoms with Crippen molar-refractivity contribution in [3.63, 3.8) is 0 Å². The van der Waals surface area contributed by atoms with Crippen LogP contribution >= 0.6 is 0 Å². The molecule has 0 unspecified atom stereocenters. The van der Waals surface area contributed by atoms with Crippen LogP contribution in [0.15, 0.2) is 48.5 Å². The fraction of sp³-hybridized carbons (Fsp3) is 0.318. The Hall–Kier alpha value is -3.15. The second kappa shape index (κ2) is 9.17. The van der Waals surface area contributed by atoms with Crippen molar-refractivity contribution in [3.05, 3.63) is 59.7 Å². The van der Waals surface area contributed by atoms with Gasteiger partial charge in [0.2, 0.25) is 5.91 Å². The lowest BCUT2D eigenvalue weighted by Crippen LogP contribution is -2.36. The summed E-state index contributed by atoms with van der Waals surface area (Å²) in [6.45, 7) is 1.44. The van der Waals surface area contributed by atoms with Crippen molar-refractivity contribution in [2.75, 3.05) is 10.6 Å². The maximum absolute atomic E-state index is 12.5. The molecule has 0 aromatic heterocycles. The lowest BCUT2D eigenvalue weighted by molar-refractivity contribution is -0.114. The molecule has 6 heteroatoms. The number of hydrogen-bond donors (Lipinski definition) is 3. The molecule has 0 saturated heterocycles. The maximum atomic E-state index is 12.5. The quantitative estimate of drug-likeness (QED) is 0.735. The minimum Gasteiger partial charge on any atom is -0.349 e. The van der Waals surface area contributed by atoms with Crippen LogP contribution in [0.5, 0.6) is 0 Å². The van der Waals surface area contributed by atoms with Gasteiger partial charge in [-0.15, -0.1) is 0 Å². The van der Waals surface area contributed by atoms with Crippen LogP contribution in [0.2, 0.25) is 0 Å². The summed E-state index contributed by atoms with van der Waals surface area (Å²) < 4.78 is 0. The van der Waals surface area contributed by atoms with Crippen LogP contribution < -0.4 is 16.0 Å². The number of carbonyl (C=O) groups excluding carboxylic acids is 3. The topological polar surface area (TPSA) is 87.3 Å². The Morgan fingerprint density at radius 3 is 1.96 bits per heavy atom. The van der Waals surface area contributed by atoms with Gasteiger partial charge in [0.1, 0.15) is 0 Å². The highest BCUT2D eigenvalue weighted by atomic mass is 16.2. The summed E-state index contributed by atoms with van der Waals surface area (Å²) in [6, 6.07) is 13.8. The molecule has 6 nitrogen and oxygen atoms in total. The van der Waals surface area contributed by atoms with Crippen LogP contribution in [0.25, 0.3) is 0 Å². The molecule has 0 heterocycles. The van der Waals surface area contributed by atoms with E-state index >= 15 is 0 Å². The SMILES string of the molecule is CC(=O)Nc1ccc(NC(=O)c2cccc(C(=O)NC3CCCCC3)c2)cc1. The second-order valence-electron chi connectivity index (χ2n) is 7.10. The Morgan fingerprint density at radius 1 is 0.786 bits per heavy atom. The Bertz CT molecular complexity index is 856. The summed E-state index contributed by atoms with van der Waals surface area (Å²) in [5.74, 6) is -0.582. The van der Waals surface area contributed by atoms with E-state index in [4.69, 9.17) is 0 Å². The van der Waals surface area contributed by atoms with E-state index in [0.29, 0.717) is 22.5 Å². The van der Waals surface area contributed by atoms with Crippen molar-refractivity contribution in [1.29, 1.82) is 0 Å². The number of anilines is 2. The van der Waals surface area contributed by atoms with Crippen LogP contribution in [-0.4, -0.2) is 23.8 Å². The summed E-state index contributed by atoms with van der Waals surface area (Å²) >= 11 is 0. The third kappa shape index (κ3) is 5.42. The van der Waals surface area contributed by atoms with Gasteiger partial charge in [-0.3, -0.25) is 14.4 Å². The molecule has 0 spiro atoms. The van der Waals surface area contributed by atoms with Crippen molar-refractivity contribution in [3.8, 4) is 0 Å². The summed E-state index contributed by atoms with van der Waals surface area (Å²) in [5.41, 5.74) is 2.17. The smallest absolute Gasteiger partial charge is 0.255 e. The molecule has 1 aliphatic carbocycles. The number of nitrogens with one attached hydrogen (secondary N) is 3. The molecule has 3 amide bonds. The first-order valence-electron chi connectivity index (χ1n) is 9.61. The van der Waals surface area contributed by atoms with E-state index < -0.39 is 0 Å². The van der Waals surface area contributed by atoms with Gasteiger partial charge in [0.25, 0.3) is 11.8 Å². The van der Waals surface area contributed by atoms with Crippen LogP contribution in [0, 0.1) is 0 Å². The van der Waals surface area contributed by atoms with Crippen LogP contribution in [0.1, 0.15) is 59.7 Å². The molecule has 146 valence electrons. The Labute approximate surface area is 164 Å². The van der Waals surface area contributed by atoms with Gasteiger partial charge in [-0.05, 0) is 55.3 Å². The van der Waals surface area contributed by atoms with Crippen molar-refractivity contribution >= 4 is 29.1 Å². The average Bonchev–Trinajstić information content (AvgIpc) is 2.70. The third-order valence-corrected chi connectivity index (χ3v) is 4.79. The minimum atomic E-state index is -0.292. The van der Waals surface area contributed by atoms with Crippen LogP contribution in [-0.2, 0) is 4.79 Å². The zero-order valence-corrected chi connectivity index (χ0v) is 16.0. The fourth-order valence-corrected chi connectivity index (χ4v) is 3.36. The predicted molar refractivity (Wildman–Crippen MR) is 109 cm³/mol. The van der Waals surface area contributed by atoms with E-state index in [9.17, 15) is 14.4 Å². The maximum Gasteiger partial charge on any atom is 0.255 e. The first-order chi connectivity index (χ1) is 13.5. The van der Waals surface area contributed by atoms with E-state index in [1.54, 1.807) is 48.5 Å². The Balaban J connectivity index is 1.63. The molecule has 3 N–H and O–H groups in total. The molecule has 1 aliphatic rings. The molecule has 1 fully saturated rings. The molecule has 0 aliphatic heterocycles. The predicted octanol–water partition coefficient (Wildman–Crippen LogP) is 3.96. The summed E-state index contributed by atoms with van der Waals surface area (Å²) in [4.78, 5) is 36.1. The van der Waals surface area contributed by atoms with Crippen molar-refractivity contribution in [1.82, 2.24) is 5.32 Å². The van der Waals surface area contributed by atoms with Gasteiger partial charge in [-0.2, -0.15) is 0 Å². The number of amides is 3. The van der Waals surface area contributed by atoms with E-state index in [-0.39, 0.29) is 23.8 Å². The van der Waals surface area contributed by atoms with Gasteiger partial charge in [0, 0.05) is 35.5 Å². The molecule has 0 bridgehead atoms. The van der Waals surface area contributed by atoms with Gasteiger partial charge >= 0.3 is 0 Å². The third-order valence-electron chi connectivity index (χ3n) is 4.79. The average molecular weight is 379 g/mol. The molecular formula is C22H25N3O3. The Kier molecular flexibility index (Phi) is 6.42.